The summed E-state index contributed by atoms with van der Waals surface area (Å²) in [7, 11) is 1.85. The molecule has 0 aliphatic carbocycles. The van der Waals surface area contributed by atoms with Crippen molar-refractivity contribution in [2.24, 2.45) is 12.0 Å². The Morgan fingerprint density at radius 3 is 2.46 bits per heavy atom. The lowest BCUT2D eigenvalue weighted by Crippen LogP contribution is -2.40. The van der Waals surface area contributed by atoms with Gasteiger partial charge in [0.2, 0.25) is 0 Å². The van der Waals surface area contributed by atoms with Crippen LogP contribution in [0.1, 0.15) is 35.3 Å². The maximum Gasteiger partial charge on any atom is 0.271 e. The number of nitrogens with zero attached hydrogens (tertiary/aromatic N) is 4. The van der Waals surface area contributed by atoms with Gasteiger partial charge >= 0.3 is 0 Å². The molecule has 0 saturated heterocycles. The van der Waals surface area contributed by atoms with Crippen LogP contribution in [0.4, 0.5) is 5.69 Å². The zero-order valence-electron chi connectivity index (χ0n) is 19.9. The van der Waals surface area contributed by atoms with Gasteiger partial charge in [0.1, 0.15) is 0 Å². The molecule has 1 unspecified atom stereocenters. The Balaban J connectivity index is 1.68. The number of anilines is 1. The second kappa shape index (κ2) is 8.96. The topological polar surface area (TPSA) is 81.3 Å². The van der Waals surface area contributed by atoms with Gasteiger partial charge in [-0.15, -0.1) is 0 Å². The molecule has 1 atom stereocenters. The van der Waals surface area contributed by atoms with E-state index in [1.54, 1.807) is 9.25 Å². The van der Waals surface area contributed by atoms with Crippen LogP contribution in [0, 0.1) is 13.8 Å². The lowest BCUT2D eigenvalue weighted by molar-refractivity contribution is -0.113. The van der Waals surface area contributed by atoms with Gasteiger partial charge in [-0.1, -0.05) is 59.9 Å². The van der Waals surface area contributed by atoms with Crippen LogP contribution in [0.5, 0.6) is 0 Å². The number of fused-ring (bicyclic) bond motifs is 1. The number of aromatic nitrogens is 3. The van der Waals surface area contributed by atoms with E-state index in [1.165, 1.54) is 11.3 Å². The van der Waals surface area contributed by atoms with Gasteiger partial charge in [0.05, 0.1) is 27.5 Å². The predicted molar refractivity (Wildman–Crippen MR) is 138 cm³/mol. The predicted octanol–water partition coefficient (Wildman–Crippen LogP) is 3.22. The number of nitrogens with one attached hydrogen (secondary N) is 1. The summed E-state index contributed by atoms with van der Waals surface area (Å²) in [5, 5.41) is 7.40. The lowest BCUT2D eigenvalue weighted by Gasteiger charge is -2.25. The number of rotatable bonds is 4. The molecule has 35 heavy (non-hydrogen) atoms. The van der Waals surface area contributed by atoms with Crippen LogP contribution in [-0.2, 0) is 11.8 Å². The Bertz CT molecular complexity index is 1660. The molecule has 0 bridgehead atoms. The third kappa shape index (κ3) is 4.17. The van der Waals surface area contributed by atoms with Crippen LogP contribution in [0.2, 0.25) is 0 Å². The zero-order chi connectivity index (χ0) is 24.7. The van der Waals surface area contributed by atoms with E-state index in [2.05, 4.69) is 10.4 Å². The summed E-state index contributed by atoms with van der Waals surface area (Å²) < 4.78 is 3.91. The van der Waals surface area contributed by atoms with Crippen molar-refractivity contribution >= 4 is 29.0 Å². The van der Waals surface area contributed by atoms with Gasteiger partial charge in [-0.2, -0.15) is 5.10 Å². The molecule has 4 aromatic rings. The summed E-state index contributed by atoms with van der Waals surface area (Å²) in [5.41, 5.74) is 5.12. The number of benzene rings is 2. The van der Waals surface area contributed by atoms with Crippen molar-refractivity contribution in [1.29, 1.82) is 0 Å². The number of hydrogen-bond donors (Lipinski definition) is 1. The highest BCUT2D eigenvalue weighted by Crippen LogP contribution is 2.31. The zero-order valence-corrected chi connectivity index (χ0v) is 20.8. The maximum atomic E-state index is 13.7. The second-order valence-electron chi connectivity index (χ2n) is 8.61. The molecule has 0 saturated carbocycles. The number of aryl methyl sites for hydroxylation is 3. The third-order valence-electron chi connectivity index (χ3n) is 6.11. The van der Waals surface area contributed by atoms with E-state index >= 15 is 0 Å². The normalized spacial score (nSPS) is 15.7. The molecule has 1 aliphatic rings. The monoisotopic (exact) mass is 483 g/mol. The van der Waals surface area contributed by atoms with E-state index < -0.39 is 6.04 Å². The van der Waals surface area contributed by atoms with Crippen molar-refractivity contribution in [3.8, 4) is 0 Å². The molecule has 8 heteroatoms. The first-order valence-electron chi connectivity index (χ1n) is 11.3. The van der Waals surface area contributed by atoms with Crippen molar-refractivity contribution in [3.63, 3.8) is 0 Å². The minimum absolute atomic E-state index is 0.181. The van der Waals surface area contributed by atoms with Gasteiger partial charge in [-0.25, -0.2) is 4.99 Å². The Kier molecular flexibility index (Phi) is 5.82. The van der Waals surface area contributed by atoms with Crippen LogP contribution >= 0.6 is 11.3 Å². The summed E-state index contributed by atoms with van der Waals surface area (Å²) >= 11 is 1.32. The van der Waals surface area contributed by atoms with Crippen molar-refractivity contribution in [2.75, 3.05) is 5.32 Å². The first kappa shape index (κ1) is 22.7. The summed E-state index contributed by atoms with van der Waals surface area (Å²) in [5.74, 6) is -0.271. The number of allylic oxidation sites excluding steroid dienone is 1. The standard InChI is InChI=1S/C27H25N5O2S/c1-16-10-8-9-13-21(16)29-25(33)23-18(3)28-27-32(24(23)19-11-6-5-7-12-19)26(34)22(35-27)14-20-15-31(4)30-17(20)2/h5-15,24H,1-4H3,(H,29,33). The van der Waals surface area contributed by atoms with E-state index in [9.17, 15) is 9.59 Å². The number of thiazole rings is 1. The summed E-state index contributed by atoms with van der Waals surface area (Å²) in [6, 6.07) is 16.7. The van der Waals surface area contributed by atoms with Crippen LogP contribution in [0.3, 0.4) is 0 Å². The molecule has 1 amide bonds. The van der Waals surface area contributed by atoms with Crippen molar-refractivity contribution in [2.45, 2.75) is 26.8 Å². The highest BCUT2D eigenvalue weighted by molar-refractivity contribution is 7.07. The first-order chi connectivity index (χ1) is 16.8. The highest BCUT2D eigenvalue weighted by atomic mass is 32.1. The smallest absolute Gasteiger partial charge is 0.271 e. The van der Waals surface area contributed by atoms with Crippen LogP contribution < -0.4 is 20.2 Å². The molecule has 0 spiro atoms. The molecule has 0 radical (unpaired) electrons. The molecule has 7 nitrogen and oxygen atoms in total. The second-order valence-corrected chi connectivity index (χ2v) is 9.61. The minimum atomic E-state index is -0.589. The average Bonchev–Trinajstić information content (AvgIpc) is 3.32. The molecule has 3 heterocycles. The number of hydrogen-bond acceptors (Lipinski definition) is 5. The van der Waals surface area contributed by atoms with Gasteiger partial charge in [-0.05, 0) is 44.0 Å². The molecular weight excluding hydrogens is 458 g/mol. The largest absolute Gasteiger partial charge is 0.322 e. The third-order valence-corrected chi connectivity index (χ3v) is 7.10. The van der Waals surface area contributed by atoms with Gasteiger partial charge in [0, 0.05) is 24.5 Å². The summed E-state index contributed by atoms with van der Waals surface area (Å²) in [6.07, 6.45) is 3.73. The minimum Gasteiger partial charge on any atom is -0.322 e. The van der Waals surface area contributed by atoms with Crippen molar-refractivity contribution < 1.29 is 4.79 Å². The van der Waals surface area contributed by atoms with Gasteiger partial charge < -0.3 is 5.32 Å². The Morgan fingerprint density at radius 2 is 1.77 bits per heavy atom. The molecule has 5 rings (SSSR count). The lowest BCUT2D eigenvalue weighted by atomic mass is 9.95. The fourth-order valence-corrected chi connectivity index (χ4v) is 5.40. The summed E-state index contributed by atoms with van der Waals surface area (Å²) in [6.45, 7) is 5.68. The van der Waals surface area contributed by atoms with Crippen LogP contribution in [0.15, 0.2) is 81.9 Å². The Hall–Kier alpha value is -4.04. The number of para-hydroxylation sites is 1. The van der Waals surface area contributed by atoms with Crippen LogP contribution in [0.25, 0.3) is 6.08 Å². The quantitative estimate of drug-likeness (QED) is 0.484. The molecule has 176 valence electrons. The van der Waals surface area contributed by atoms with E-state index in [1.807, 2.05) is 94.7 Å². The number of carbonyl (C=O) groups excluding carboxylic acids is 1. The molecule has 2 aromatic heterocycles. The molecule has 1 aliphatic heterocycles. The fourth-order valence-electron chi connectivity index (χ4n) is 4.37. The first-order valence-corrected chi connectivity index (χ1v) is 12.1. The van der Waals surface area contributed by atoms with E-state index in [-0.39, 0.29) is 11.5 Å². The average molecular weight is 484 g/mol. The van der Waals surface area contributed by atoms with Crippen molar-refractivity contribution in [1.82, 2.24) is 14.3 Å². The summed E-state index contributed by atoms with van der Waals surface area (Å²) in [4.78, 5) is 32.6. The van der Waals surface area contributed by atoms with Gasteiger partial charge in [0.15, 0.2) is 4.80 Å². The highest BCUT2D eigenvalue weighted by Gasteiger charge is 2.32. The molecule has 2 aromatic carbocycles. The maximum absolute atomic E-state index is 13.7. The van der Waals surface area contributed by atoms with Gasteiger partial charge in [-0.3, -0.25) is 18.8 Å². The molecule has 1 N–H and O–H groups in total. The number of amides is 1. The number of carbonyl (C=O) groups is 1. The van der Waals surface area contributed by atoms with Crippen LogP contribution in [-0.4, -0.2) is 20.3 Å². The SMILES string of the molecule is CC1=C(C(=O)Nc2ccccc2C)C(c2ccccc2)n2c(sc(=Cc3cn(C)nc3C)c2=O)=N1. The van der Waals surface area contributed by atoms with E-state index in [0.717, 1.165) is 28.1 Å². The van der Waals surface area contributed by atoms with E-state index in [4.69, 9.17) is 4.99 Å². The fraction of sp³-hybridized carbons (Fsp3) is 0.185. The Labute approximate surface area is 206 Å². The molecule has 0 fully saturated rings. The van der Waals surface area contributed by atoms with E-state index in [0.29, 0.717) is 20.6 Å². The molecular formula is C27H25N5O2S. The van der Waals surface area contributed by atoms with Crippen molar-refractivity contribution in [3.05, 3.63) is 114 Å². The Morgan fingerprint density at radius 1 is 1.06 bits per heavy atom. The van der Waals surface area contributed by atoms with Gasteiger partial charge in [0.25, 0.3) is 11.5 Å².